The third-order valence-corrected chi connectivity index (χ3v) is 2.31. The van der Waals surface area contributed by atoms with Crippen molar-refractivity contribution in [2.45, 2.75) is 19.4 Å². The maximum atomic E-state index is 12.9. The monoisotopic (exact) mass is 226 g/mol. The summed E-state index contributed by atoms with van der Waals surface area (Å²) in [5.74, 6) is -0.991. The molecule has 1 atom stereocenters. The number of hydrogen-bond acceptors (Lipinski definition) is 3. The van der Waals surface area contributed by atoms with Gasteiger partial charge in [0.2, 0.25) is 0 Å². The van der Waals surface area contributed by atoms with Crippen molar-refractivity contribution in [3.63, 3.8) is 0 Å². The number of hydrogen-bond donors (Lipinski definition) is 3. The van der Waals surface area contributed by atoms with E-state index in [9.17, 15) is 9.18 Å². The van der Waals surface area contributed by atoms with E-state index in [0.717, 1.165) is 6.07 Å². The molecule has 0 radical (unpaired) electrons. The highest BCUT2D eigenvalue weighted by Gasteiger charge is 2.14. The van der Waals surface area contributed by atoms with Gasteiger partial charge < -0.3 is 16.2 Å². The van der Waals surface area contributed by atoms with Gasteiger partial charge >= 0.3 is 0 Å². The summed E-state index contributed by atoms with van der Waals surface area (Å²) < 4.78 is 12.9. The summed E-state index contributed by atoms with van der Waals surface area (Å²) >= 11 is 0. The van der Waals surface area contributed by atoms with Crippen LogP contribution in [0.15, 0.2) is 18.2 Å². The Kier molecular flexibility index (Phi) is 4.25. The molecule has 1 amide bonds. The SMILES string of the molecule is CC[C@H](CO)NC(=O)c1cc(F)ccc1N. The lowest BCUT2D eigenvalue weighted by molar-refractivity contribution is 0.0915. The topological polar surface area (TPSA) is 75.3 Å². The van der Waals surface area contributed by atoms with E-state index in [1.165, 1.54) is 12.1 Å². The van der Waals surface area contributed by atoms with Crippen LogP contribution in [0.25, 0.3) is 0 Å². The summed E-state index contributed by atoms with van der Waals surface area (Å²) in [5, 5.41) is 11.5. The number of nitrogen functional groups attached to an aromatic ring is 1. The number of benzene rings is 1. The highest BCUT2D eigenvalue weighted by atomic mass is 19.1. The van der Waals surface area contributed by atoms with Crippen LogP contribution in [-0.4, -0.2) is 23.7 Å². The Labute approximate surface area is 93.3 Å². The summed E-state index contributed by atoms with van der Waals surface area (Å²) in [6, 6.07) is 3.27. The Morgan fingerprint density at radius 2 is 2.31 bits per heavy atom. The fourth-order valence-corrected chi connectivity index (χ4v) is 1.27. The van der Waals surface area contributed by atoms with Crippen molar-refractivity contribution in [2.24, 2.45) is 0 Å². The molecule has 1 aromatic rings. The smallest absolute Gasteiger partial charge is 0.253 e. The van der Waals surface area contributed by atoms with Gasteiger partial charge in [0, 0.05) is 5.69 Å². The second-order valence-corrected chi connectivity index (χ2v) is 3.49. The normalized spacial score (nSPS) is 12.2. The number of aliphatic hydroxyl groups is 1. The lowest BCUT2D eigenvalue weighted by Crippen LogP contribution is -2.37. The van der Waals surface area contributed by atoms with E-state index < -0.39 is 11.7 Å². The number of amides is 1. The maximum absolute atomic E-state index is 12.9. The number of aliphatic hydroxyl groups excluding tert-OH is 1. The third-order valence-electron chi connectivity index (χ3n) is 2.31. The zero-order chi connectivity index (χ0) is 12.1. The first-order valence-electron chi connectivity index (χ1n) is 5.05. The highest BCUT2D eigenvalue weighted by molar-refractivity contribution is 5.99. The Hall–Kier alpha value is -1.62. The van der Waals surface area contributed by atoms with Crippen molar-refractivity contribution in [1.29, 1.82) is 0 Å². The van der Waals surface area contributed by atoms with Gasteiger partial charge in [0.1, 0.15) is 5.82 Å². The second-order valence-electron chi connectivity index (χ2n) is 3.49. The minimum atomic E-state index is -0.517. The predicted octanol–water partition coefficient (Wildman–Crippen LogP) is 0.909. The van der Waals surface area contributed by atoms with Crippen LogP contribution in [0.1, 0.15) is 23.7 Å². The highest BCUT2D eigenvalue weighted by Crippen LogP contribution is 2.13. The average molecular weight is 226 g/mol. The van der Waals surface area contributed by atoms with Gasteiger partial charge in [0.05, 0.1) is 18.2 Å². The molecule has 0 saturated heterocycles. The van der Waals surface area contributed by atoms with Crippen LogP contribution < -0.4 is 11.1 Å². The molecule has 16 heavy (non-hydrogen) atoms. The van der Waals surface area contributed by atoms with Gasteiger partial charge in [0.15, 0.2) is 0 Å². The molecule has 0 aliphatic rings. The molecule has 0 saturated carbocycles. The molecule has 0 heterocycles. The van der Waals surface area contributed by atoms with Gasteiger partial charge in [-0.3, -0.25) is 4.79 Å². The second kappa shape index (κ2) is 5.46. The predicted molar refractivity (Wildman–Crippen MR) is 59.4 cm³/mol. The van der Waals surface area contributed by atoms with E-state index >= 15 is 0 Å². The van der Waals surface area contributed by atoms with Crippen molar-refractivity contribution in [2.75, 3.05) is 12.3 Å². The van der Waals surface area contributed by atoms with E-state index in [1.54, 1.807) is 0 Å². The van der Waals surface area contributed by atoms with E-state index in [-0.39, 0.29) is 23.9 Å². The number of carbonyl (C=O) groups is 1. The number of anilines is 1. The van der Waals surface area contributed by atoms with Gasteiger partial charge in [0.25, 0.3) is 5.91 Å². The van der Waals surface area contributed by atoms with Gasteiger partial charge in [-0.1, -0.05) is 6.92 Å². The molecule has 0 fully saturated rings. The first kappa shape index (κ1) is 12.4. The van der Waals surface area contributed by atoms with Gasteiger partial charge in [-0.2, -0.15) is 0 Å². The van der Waals surface area contributed by atoms with Crippen molar-refractivity contribution < 1.29 is 14.3 Å². The van der Waals surface area contributed by atoms with Crippen LogP contribution in [0.5, 0.6) is 0 Å². The summed E-state index contributed by atoms with van der Waals surface area (Å²) in [6.07, 6.45) is 0.595. The van der Waals surface area contributed by atoms with E-state index in [2.05, 4.69) is 5.32 Å². The maximum Gasteiger partial charge on any atom is 0.253 e. The molecule has 0 unspecified atom stereocenters. The fourth-order valence-electron chi connectivity index (χ4n) is 1.27. The largest absolute Gasteiger partial charge is 0.398 e. The minimum Gasteiger partial charge on any atom is -0.398 e. The standard InChI is InChI=1S/C11H15FN2O2/c1-2-8(6-15)14-11(16)9-5-7(12)3-4-10(9)13/h3-5,8,15H,2,6,13H2,1H3,(H,14,16)/t8-/m1/s1. The van der Waals surface area contributed by atoms with E-state index in [4.69, 9.17) is 10.8 Å². The Morgan fingerprint density at radius 1 is 1.62 bits per heavy atom. The zero-order valence-corrected chi connectivity index (χ0v) is 9.03. The van der Waals surface area contributed by atoms with E-state index in [0.29, 0.717) is 6.42 Å². The summed E-state index contributed by atoms with van der Waals surface area (Å²) in [6.45, 7) is 1.67. The zero-order valence-electron chi connectivity index (χ0n) is 9.03. The van der Waals surface area contributed by atoms with E-state index in [1.807, 2.05) is 6.92 Å². The lowest BCUT2D eigenvalue weighted by Gasteiger charge is -2.14. The average Bonchev–Trinajstić information content (AvgIpc) is 2.28. The Morgan fingerprint density at radius 3 is 2.88 bits per heavy atom. The molecular formula is C11H15FN2O2. The van der Waals surface area contributed by atoms with Gasteiger partial charge in [-0.15, -0.1) is 0 Å². The molecule has 0 aromatic heterocycles. The number of rotatable bonds is 4. The molecule has 1 aromatic carbocycles. The van der Waals surface area contributed by atoms with Crippen LogP contribution >= 0.6 is 0 Å². The first-order chi connectivity index (χ1) is 7.58. The van der Waals surface area contributed by atoms with Crippen LogP contribution in [0.3, 0.4) is 0 Å². The molecule has 4 N–H and O–H groups in total. The molecular weight excluding hydrogens is 211 g/mol. The molecule has 0 bridgehead atoms. The van der Waals surface area contributed by atoms with Gasteiger partial charge in [-0.25, -0.2) is 4.39 Å². The Balaban J connectivity index is 2.83. The summed E-state index contributed by atoms with van der Waals surface area (Å²) in [4.78, 5) is 11.7. The molecule has 4 nitrogen and oxygen atoms in total. The molecule has 5 heteroatoms. The van der Waals surface area contributed by atoms with Crippen molar-refractivity contribution >= 4 is 11.6 Å². The molecule has 0 spiro atoms. The van der Waals surface area contributed by atoms with Crippen molar-refractivity contribution in [3.05, 3.63) is 29.6 Å². The van der Waals surface area contributed by atoms with Crippen LogP contribution in [-0.2, 0) is 0 Å². The van der Waals surface area contributed by atoms with Crippen molar-refractivity contribution in [3.8, 4) is 0 Å². The number of halogens is 1. The molecule has 1 rings (SSSR count). The quantitative estimate of drug-likeness (QED) is 0.668. The van der Waals surface area contributed by atoms with Crippen molar-refractivity contribution in [1.82, 2.24) is 5.32 Å². The first-order valence-corrected chi connectivity index (χ1v) is 5.05. The molecule has 0 aliphatic carbocycles. The number of carbonyl (C=O) groups excluding carboxylic acids is 1. The molecule has 0 aliphatic heterocycles. The Bertz CT molecular complexity index is 378. The van der Waals surface area contributed by atoms with Crippen LogP contribution in [0.2, 0.25) is 0 Å². The van der Waals surface area contributed by atoms with Crippen LogP contribution in [0.4, 0.5) is 10.1 Å². The third kappa shape index (κ3) is 2.93. The van der Waals surface area contributed by atoms with Crippen LogP contribution in [0, 0.1) is 5.82 Å². The molecule has 88 valence electrons. The van der Waals surface area contributed by atoms with Gasteiger partial charge in [-0.05, 0) is 24.6 Å². The fraction of sp³-hybridized carbons (Fsp3) is 0.364. The number of nitrogens with two attached hydrogens (primary N) is 1. The summed E-state index contributed by atoms with van der Waals surface area (Å²) in [5.41, 5.74) is 5.86. The lowest BCUT2D eigenvalue weighted by atomic mass is 10.1. The minimum absolute atomic E-state index is 0.0897. The number of nitrogens with one attached hydrogen (secondary N) is 1. The summed E-state index contributed by atoms with van der Waals surface area (Å²) in [7, 11) is 0.